The van der Waals surface area contributed by atoms with Crippen molar-refractivity contribution < 1.29 is 4.79 Å². The van der Waals surface area contributed by atoms with Crippen LogP contribution in [-0.4, -0.2) is 18.5 Å². The number of carbonyl (C=O) groups excluding carboxylic acids is 1. The van der Waals surface area contributed by atoms with Crippen LogP contribution in [0.15, 0.2) is 12.2 Å². The fourth-order valence-electron chi connectivity index (χ4n) is 0.519. The lowest BCUT2D eigenvalue weighted by Crippen LogP contribution is -2.36. The van der Waals surface area contributed by atoms with Gasteiger partial charge >= 0.3 is 0 Å². The Labute approximate surface area is 67.7 Å². The summed E-state index contributed by atoms with van der Waals surface area (Å²) < 4.78 is 0. The second kappa shape index (κ2) is 4.91. The molecule has 0 aliphatic heterocycles. The van der Waals surface area contributed by atoms with Crippen molar-refractivity contribution in [3.63, 3.8) is 0 Å². The summed E-state index contributed by atoms with van der Waals surface area (Å²) in [5.74, 6) is -0.117. The van der Waals surface area contributed by atoms with E-state index in [-0.39, 0.29) is 11.9 Å². The fourth-order valence-corrected chi connectivity index (χ4v) is 0.519. The minimum Gasteiger partial charge on any atom is -0.351 e. The molecule has 0 heterocycles. The molecular weight excluding hydrogens is 140 g/mol. The molecule has 64 valence electrons. The first kappa shape index (κ1) is 10.2. The smallest absolute Gasteiger partial charge is 0.246 e. The first-order chi connectivity index (χ1) is 5.07. The van der Waals surface area contributed by atoms with Gasteiger partial charge in [-0.2, -0.15) is 0 Å². The highest BCUT2D eigenvalue weighted by Crippen LogP contribution is 1.87. The molecule has 0 saturated heterocycles. The molecule has 0 bridgehead atoms. The van der Waals surface area contributed by atoms with E-state index in [1.165, 1.54) is 0 Å². The standard InChI is InChI=1S/C8H16N2O/c1-4-7(9)5-10-8(11)6(2)3/h7H,2,4-5,9H2,1,3H3,(H,10,11). The van der Waals surface area contributed by atoms with Gasteiger partial charge in [-0.1, -0.05) is 13.5 Å². The molecule has 0 aromatic carbocycles. The largest absolute Gasteiger partial charge is 0.351 e. The predicted octanol–water partition coefficient (Wildman–Crippen LogP) is 0.416. The van der Waals surface area contributed by atoms with Crippen LogP contribution in [0.3, 0.4) is 0 Å². The van der Waals surface area contributed by atoms with Crippen LogP contribution in [-0.2, 0) is 4.79 Å². The number of nitrogens with two attached hydrogens (primary N) is 1. The van der Waals surface area contributed by atoms with Crippen molar-refractivity contribution in [2.45, 2.75) is 26.3 Å². The monoisotopic (exact) mass is 156 g/mol. The minimum absolute atomic E-state index is 0.0540. The summed E-state index contributed by atoms with van der Waals surface area (Å²) in [6.45, 7) is 7.69. The Morgan fingerprint density at radius 2 is 2.27 bits per heavy atom. The van der Waals surface area contributed by atoms with E-state index < -0.39 is 0 Å². The second-order valence-corrected chi connectivity index (χ2v) is 2.66. The van der Waals surface area contributed by atoms with Gasteiger partial charge < -0.3 is 11.1 Å². The van der Waals surface area contributed by atoms with E-state index in [2.05, 4.69) is 11.9 Å². The molecule has 0 fully saturated rings. The first-order valence-electron chi connectivity index (χ1n) is 3.77. The number of nitrogens with one attached hydrogen (secondary N) is 1. The van der Waals surface area contributed by atoms with Crippen LogP contribution in [0, 0.1) is 0 Å². The van der Waals surface area contributed by atoms with Crippen LogP contribution in [0.4, 0.5) is 0 Å². The molecule has 0 spiro atoms. The summed E-state index contributed by atoms with van der Waals surface area (Å²) >= 11 is 0. The van der Waals surface area contributed by atoms with Crippen LogP contribution in [0.5, 0.6) is 0 Å². The molecule has 0 rings (SSSR count). The van der Waals surface area contributed by atoms with Crippen molar-refractivity contribution >= 4 is 5.91 Å². The number of carbonyl (C=O) groups is 1. The van der Waals surface area contributed by atoms with Gasteiger partial charge in [0.25, 0.3) is 0 Å². The quantitative estimate of drug-likeness (QED) is 0.579. The van der Waals surface area contributed by atoms with Gasteiger partial charge in [0.2, 0.25) is 5.91 Å². The van der Waals surface area contributed by atoms with E-state index in [1.807, 2.05) is 6.92 Å². The number of hydrogen-bond donors (Lipinski definition) is 2. The number of amides is 1. The fraction of sp³-hybridized carbons (Fsp3) is 0.625. The van der Waals surface area contributed by atoms with Crippen LogP contribution in [0.25, 0.3) is 0 Å². The highest BCUT2D eigenvalue weighted by atomic mass is 16.1. The summed E-state index contributed by atoms with van der Waals surface area (Å²) in [6, 6.07) is 0.0540. The van der Waals surface area contributed by atoms with E-state index in [1.54, 1.807) is 6.92 Å². The van der Waals surface area contributed by atoms with E-state index in [0.717, 1.165) is 6.42 Å². The molecule has 0 aromatic rings. The van der Waals surface area contributed by atoms with Gasteiger partial charge in [-0.25, -0.2) is 0 Å². The van der Waals surface area contributed by atoms with Crippen molar-refractivity contribution in [3.05, 3.63) is 12.2 Å². The average Bonchev–Trinajstić information content (AvgIpc) is 1.99. The molecule has 1 unspecified atom stereocenters. The molecule has 3 heteroatoms. The molecule has 1 amide bonds. The average molecular weight is 156 g/mol. The van der Waals surface area contributed by atoms with Crippen LogP contribution in [0.2, 0.25) is 0 Å². The van der Waals surface area contributed by atoms with Crippen molar-refractivity contribution in [2.75, 3.05) is 6.54 Å². The van der Waals surface area contributed by atoms with Gasteiger partial charge in [0.15, 0.2) is 0 Å². The lowest BCUT2D eigenvalue weighted by atomic mass is 10.2. The Morgan fingerprint density at radius 3 is 2.64 bits per heavy atom. The van der Waals surface area contributed by atoms with Crippen LogP contribution < -0.4 is 11.1 Å². The highest BCUT2D eigenvalue weighted by Gasteiger charge is 2.03. The van der Waals surface area contributed by atoms with Gasteiger partial charge in [-0.15, -0.1) is 0 Å². The Bertz CT molecular complexity index is 154. The summed E-state index contributed by atoms with van der Waals surface area (Å²) in [4.78, 5) is 10.9. The van der Waals surface area contributed by atoms with Crippen molar-refractivity contribution in [1.82, 2.24) is 5.32 Å². The Balaban J connectivity index is 3.54. The lowest BCUT2D eigenvalue weighted by molar-refractivity contribution is -0.117. The van der Waals surface area contributed by atoms with Crippen LogP contribution >= 0.6 is 0 Å². The molecule has 1 atom stereocenters. The normalized spacial score (nSPS) is 12.3. The van der Waals surface area contributed by atoms with E-state index in [0.29, 0.717) is 12.1 Å². The molecule has 0 aliphatic carbocycles. The predicted molar refractivity (Wildman–Crippen MR) is 46.1 cm³/mol. The van der Waals surface area contributed by atoms with Crippen LogP contribution in [0.1, 0.15) is 20.3 Å². The summed E-state index contributed by atoms with van der Waals surface area (Å²) in [6.07, 6.45) is 0.871. The zero-order chi connectivity index (χ0) is 8.85. The van der Waals surface area contributed by atoms with E-state index >= 15 is 0 Å². The third-order valence-electron chi connectivity index (χ3n) is 1.44. The first-order valence-corrected chi connectivity index (χ1v) is 3.77. The van der Waals surface area contributed by atoms with Gasteiger partial charge in [-0.3, -0.25) is 4.79 Å². The molecule has 11 heavy (non-hydrogen) atoms. The Hall–Kier alpha value is -0.830. The topological polar surface area (TPSA) is 55.1 Å². The molecule has 3 N–H and O–H groups in total. The molecular formula is C8H16N2O. The molecule has 3 nitrogen and oxygen atoms in total. The minimum atomic E-state index is -0.117. The van der Waals surface area contributed by atoms with Crippen molar-refractivity contribution in [2.24, 2.45) is 5.73 Å². The van der Waals surface area contributed by atoms with Gasteiger partial charge in [0.1, 0.15) is 0 Å². The third kappa shape index (κ3) is 4.56. The Morgan fingerprint density at radius 1 is 1.73 bits per heavy atom. The second-order valence-electron chi connectivity index (χ2n) is 2.66. The van der Waals surface area contributed by atoms with Gasteiger partial charge in [0.05, 0.1) is 0 Å². The lowest BCUT2D eigenvalue weighted by Gasteiger charge is -2.09. The van der Waals surface area contributed by atoms with Crippen molar-refractivity contribution in [3.8, 4) is 0 Å². The molecule has 0 aliphatic rings. The highest BCUT2D eigenvalue weighted by molar-refractivity contribution is 5.92. The SMILES string of the molecule is C=C(C)C(=O)NCC(N)CC. The number of hydrogen-bond acceptors (Lipinski definition) is 2. The van der Waals surface area contributed by atoms with Gasteiger partial charge in [-0.05, 0) is 13.3 Å². The third-order valence-corrected chi connectivity index (χ3v) is 1.44. The maximum absolute atomic E-state index is 10.9. The van der Waals surface area contributed by atoms with E-state index in [4.69, 9.17) is 5.73 Å². The molecule has 0 saturated carbocycles. The molecule has 0 radical (unpaired) electrons. The summed E-state index contributed by atoms with van der Waals surface area (Å²) in [5.41, 5.74) is 6.10. The maximum Gasteiger partial charge on any atom is 0.246 e. The maximum atomic E-state index is 10.9. The Kier molecular flexibility index (Phi) is 4.54. The zero-order valence-electron chi connectivity index (χ0n) is 7.18. The van der Waals surface area contributed by atoms with Crippen molar-refractivity contribution in [1.29, 1.82) is 0 Å². The number of rotatable bonds is 4. The van der Waals surface area contributed by atoms with Gasteiger partial charge in [0, 0.05) is 18.2 Å². The van der Waals surface area contributed by atoms with E-state index in [9.17, 15) is 4.79 Å². The zero-order valence-corrected chi connectivity index (χ0v) is 7.18. The molecule has 0 aromatic heterocycles. The summed E-state index contributed by atoms with van der Waals surface area (Å²) in [7, 11) is 0. The summed E-state index contributed by atoms with van der Waals surface area (Å²) in [5, 5.41) is 2.67.